The van der Waals surface area contributed by atoms with Gasteiger partial charge >= 0.3 is 12.0 Å². The molecule has 1 aliphatic rings. The van der Waals surface area contributed by atoms with Crippen LogP contribution in [0.3, 0.4) is 0 Å². The molecule has 2 N–H and O–H groups in total. The molecule has 1 unspecified atom stereocenters. The zero-order chi connectivity index (χ0) is 18.1. The Morgan fingerprint density at radius 2 is 2.04 bits per heavy atom. The lowest BCUT2D eigenvalue weighted by molar-refractivity contribution is -0.149. The quantitative estimate of drug-likeness (QED) is 0.731. The molecule has 0 bridgehead atoms. The van der Waals surface area contributed by atoms with Crippen LogP contribution >= 0.6 is 11.8 Å². The van der Waals surface area contributed by atoms with Crippen LogP contribution in [0, 0.1) is 0 Å². The molecule has 7 nitrogen and oxygen atoms in total. The second-order valence-electron chi connectivity index (χ2n) is 5.53. The van der Waals surface area contributed by atoms with Crippen LogP contribution in [0.25, 0.3) is 0 Å². The van der Waals surface area contributed by atoms with Crippen LogP contribution in [0.15, 0.2) is 30.3 Å². The molecule has 2 rings (SSSR count). The minimum Gasteiger partial charge on any atom is -0.465 e. The van der Waals surface area contributed by atoms with Gasteiger partial charge in [0, 0.05) is 24.6 Å². The van der Waals surface area contributed by atoms with Crippen LogP contribution < -0.4 is 10.6 Å². The largest absolute Gasteiger partial charge is 0.465 e. The van der Waals surface area contributed by atoms with Crippen molar-refractivity contribution in [2.75, 3.05) is 31.2 Å². The molecule has 8 heteroatoms. The molecule has 1 fully saturated rings. The molecule has 0 aliphatic carbocycles. The standard InChI is InChI=1S/C17H23N3O4S/c1-2-24-16(22)14-12-25-9-8-20(14)11-15(21)19-17(23)18-10-13-6-4-3-5-7-13/h3-7,14H,2,8-12H2,1H3,(H2,18,19,21,23). The molecule has 0 spiro atoms. The number of ether oxygens (including phenoxy) is 1. The summed E-state index contributed by atoms with van der Waals surface area (Å²) in [7, 11) is 0. The number of benzene rings is 1. The van der Waals surface area contributed by atoms with Crippen LogP contribution in [-0.2, 0) is 20.9 Å². The third-order valence-corrected chi connectivity index (χ3v) is 4.72. The van der Waals surface area contributed by atoms with Gasteiger partial charge in [0.25, 0.3) is 0 Å². The fourth-order valence-corrected chi connectivity index (χ4v) is 3.56. The number of imide groups is 1. The summed E-state index contributed by atoms with van der Waals surface area (Å²) in [6.45, 7) is 2.99. The van der Waals surface area contributed by atoms with Crippen LogP contribution in [-0.4, -0.2) is 60.1 Å². The number of hydrogen-bond donors (Lipinski definition) is 2. The number of thioether (sulfide) groups is 1. The van der Waals surface area contributed by atoms with Gasteiger partial charge in [0.2, 0.25) is 5.91 Å². The second kappa shape index (κ2) is 10.0. The summed E-state index contributed by atoms with van der Waals surface area (Å²) in [5.74, 6) is 0.665. The van der Waals surface area contributed by atoms with Gasteiger partial charge in [0.05, 0.1) is 13.2 Å². The molecule has 3 amide bonds. The maximum atomic E-state index is 12.1. The Balaban J connectivity index is 1.79. The number of nitrogens with one attached hydrogen (secondary N) is 2. The van der Waals surface area contributed by atoms with E-state index in [4.69, 9.17) is 4.74 Å². The van der Waals surface area contributed by atoms with Gasteiger partial charge in [-0.1, -0.05) is 30.3 Å². The van der Waals surface area contributed by atoms with Crippen molar-refractivity contribution in [3.63, 3.8) is 0 Å². The summed E-state index contributed by atoms with van der Waals surface area (Å²) in [5, 5.41) is 4.94. The number of rotatable bonds is 6. The lowest BCUT2D eigenvalue weighted by Crippen LogP contribution is -2.53. The third-order valence-electron chi connectivity index (χ3n) is 3.69. The van der Waals surface area contributed by atoms with Crippen molar-refractivity contribution in [1.82, 2.24) is 15.5 Å². The molecule has 0 radical (unpaired) electrons. The molecule has 0 aromatic heterocycles. The highest BCUT2D eigenvalue weighted by molar-refractivity contribution is 7.99. The Kier molecular flexibility index (Phi) is 7.75. The number of amides is 3. The van der Waals surface area contributed by atoms with E-state index in [9.17, 15) is 14.4 Å². The summed E-state index contributed by atoms with van der Waals surface area (Å²) in [6.07, 6.45) is 0. The maximum Gasteiger partial charge on any atom is 0.324 e. The van der Waals surface area contributed by atoms with Crippen LogP contribution in [0.1, 0.15) is 12.5 Å². The highest BCUT2D eigenvalue weighted by Crippen LogP contribution is 2.17. The zero-order valence-corrected chi connectivity index (χ0v) is 15.0. The van der Waals surface area contributed by atoms with Crippen LogP contribution in [0.4, 0.5) is 4.79 Å². The third kappa shape index (κ3) is 6.39. The van der Waals surface area contributed by atoms with E-state index < -0.39 is 18.0 Å². The number of carbonyl (C=O) groups is 3. The first-order chi connectivity index (χ1) is 12.1. The minimum atomic E-state index is -0.548. The molecule has 1 aromatic carbocycles. The van der Waals surface area contributed by atoms with E-state index >= 15 is 0 Å². The van der Waals surface area contributed by atoms with Crippen molar-refractivity contribution in [3.8, 4) is 0 Å². The van der Waals surface area contributed by atoms with Gasteiger partial charge in [-0.05, 0) is 12.5 Å². The second-order valence-corrected chi connectivity index (χ2v) is 6.68. The van der Waals surface area contributed by atoms with E-state index in [0.717, 1.165) is 11.3 Å². The van der Waals surface area contributed by atoms with E-state index in [2.05, 4.69) is 10.6 Å². The topological polar surface area (TPSA) is 87.7 Å². The molecular weight excluding hydrogens is 342 g/mol. The molecule has 1 atom stereocenters. The lowest BCUT2D eigenvalue weighted by atomic mass is 10.2. The maximum absolute atomic E-state index is 12.1. The first-order valence-electron chi connectivity index (χ1n) is 8.20. The number of urea groups is 1. The Morgan fingerprint density at radius 3 is 2.76 bits per heavy atom. The van der Waals surface area contributed by atoms with E-state index in [1.165, 1.54) is 0 Å². The van der Waals surface area contributed by atoms with Crippen molar-refractivity contribution < 1.29 is 19.1 Å². The van der Waals surface area contributed by atoms with Gasteiger partial charge in [-0.15, -0.1) is 0 Å². The van der Waals surface area contributed by atoms with Crippen LogP contribution in [0.2, 0.25) is 0 Å². The zero-order valence-electron chi connectivity index (χ0n) is 14.2. The first-order valence-corrected chi connectivity index (χ1v) is 9.35. The van der Waals surface area contributed by atoms with Gasteiger partial charge in [-0.2, -0.15) is 11.8 Å². The Morgan fingerprint density at radius 1 is 1.28 bits per heavy atom. The molecule has 25 heavy (non-hydrogen) atoms. The van der Waals surface area contributed by atoms with E-state index in [0.29, 0.717) is 25.4 Å². The highest BCUT2D eigenvalue weighted by atomic mass is 32.2. The predicted octanol–water partition coefficient (Wildman–Crippen LogP) is 0.993. The number of hydrogen-bond acceptors (Lipinski definition) is 6. The van der Waals surface area contributed by atoms with Gasteiger partial charge < -0.3 is 10.1 Å². The predicted molar refractivity (Wildman–Crippen MR) is 96.1 cm³/mol. The molecule has 1 saturated heterocycles. The molecular formula is C17H23N3O4S. The van der Waals surface area contributed by atoms with Crippen molar-refractivity contribution in [3.05, 3.63) is 35.9 Å². The van der Waals surface area contributed by atoms with E-state index in [1.807, 2.05) is 30.3 Å². The van der Waals surface area contributed by atoms with Crippen molar-refractivity contribution >= 4 is 29.7 Å². The molecule has 1 aromatic rings. The van der Waals surface area contributed by atoms with Crippen molar-refractivity contribution in [2.24, 2.45) is 0 Å². The van der Waals surface area contributed by atoms with Gasteiger partial charge in [-0.3, -0.25) is 19.8 Å². The monoisotopic (exact) mass is 365 g/mol. The van der Waals surface area contributed by atoms with Gasteiger partial charge in [0.15, 0.2) is 0 Å². The lowest BCUT2D eigenvalue weighted by Gasteiger charge is -2.32. The number of esters is 1. The summed E-state index contributed by atoms with van der Waals surface area (Å²) in [4.78, 5) is 37.7. The minimum absolute atomic E-state index is 0.0111. The van der Waals surface area contributed by atoms with Crippen molar-refractivity contribution in [1.29, 1.82) is 0 Å². The fraction of sp³-hybridized carbons (Fsp3) is 0.471. The summed E-state index contributed by atoms with van der Waals surface area (Å²) in [5.41, 5.74) is 0.945. The average molecular weight is 365 g/mol. The first kappa shape index (κ1) is 19.3. The Bertz CT molecular complexity index is 597. The number of carbonyl (C=O) groups excluding carboxylic acids is 3. The Labute approximate surface area is 151 Å². The van der Waals surface area contributed by atoms with E-state index in [-0.39, 0.29) is 12.5 Å². The van der Waals surface area contributed by atoms with Crippen LogP contribution in [0.5, 0.6) is 0 Å². The molecule has 1 aliphatic heterocycles. The Hall–Kier alpha value is -2.06. The van der Waals surface area contributed by atoms with Gasteiger partial charge in [-0.25, -0.2) is 4.79 Å². The normalized spacial score (nSPS) is 17.6. The highest BCUT2D eigenvalue weighted by Gasteiger charge is 2.31. The summed E-state index contributed by atoms with van der Waals surface area (Å²) >= 11 is 1.65. The van der Waals surface area contributed by atoms with Gasteiger partial charge in [0.1, 0.15) is 6.04 Å². The summed E-state index contributed by atoms with van der Waals surface area (Å²) in [6, 6.07) is 8.43. The molecule has 136 valence electrons. The smallest absolute Gasteiger partial charge is 0.324 e. The van der Waals surface area contributed by atoms with E-state index in [1.54, 1.807) is 23.6 Å². The average Bonchev–Trinajstić information content (AvgIpc) is 2.61. The summed E-state index contributed by atoms with van der Waals surface area (Å²) < 4.78 is 5.06. The number of nitrogens with zero attached hydrogens (tertiary/aromatic N) is 1. The molecule has 0 saturated carbocycles. The van der Waals surface area contributed by atoms with Crippen molar-refractivity contribution in [2.45, 2.75) is 19.5 Å². The SMILES string of the molecule is CCOC(=O)C1CSCCN1CC(=O)NC(=O)NCc1ccccc1. The fourth-order valence-electron chi connectivity index (χ4n) is 2.46. The molecule has 1 heterocycles.